The van der Waals surface area contributed by atoms with E-state index in [2.05, 4.69) is 36.2 Å². The van der Waals surface area contributed by atoms with Crippen LogP contribution in [0.15, 0.2) is 24.3 Å². The van der Waals surface area contributed by atoms with Crippen LogP contribution in [0.1, 0.15) is 18.1 Å². The second-order valence-electron chi connectivity index (χ2n) is 4.28. The number of anilines is 1. The zero-order valence-corrected chi connectivity index (χ0v) is 9.40. The van der Waals surface area contributed by atoms with Crippen LogP contribution in [0.5, 0.6) is 0 Å². The van der Waals surface area contributed by atoms with Gasteiger partial charge in [0.05, 0.1) is 0 Å². The van der Waals surface area contributed by atoms with Gasteiger partial charge in [0.2, 0.25) is 0 Å². The number of nitrogens with zero attached hydrogens (tertiary/aromatic N) is 1. The molecule has 1 aromatic rings. The molecule has 0 saturated carbocycles. The number of benzene rings is 1. The number of nitrogens with two attached hydrogens (primary N) is 1. The Hall–Kier alpha value is -1.28. The first-order valence-electron chi connectivity index (χ1n) is 5.44. The quantitative estimate of drug-likeness (QED) is 0.795. The summed E-state index contributed by atoms with van der Waals surface area (Å²) in [6, 6.07) is 6.74. The summed E-state index contributed by atoms with van der Waals surface area (Å²) in [5.74, 6) is 0. The van der Waals surface area contributed by atoms with Gasteiger partial charge in [-0.15, -0.1) is 0 Å². The third-order valence-electron chi connectivity index (χ3n) is 2.82. The van der Waals surface area contributed by atoms with Crippen LogP contribution < -0.4 is 10.6 Å². The van der Waals surface area contributed by atoms with Crippen LogP contribution in [0.2, 0.25) is 0 Å². The van der Waals surface area contributed by atoms with Gasteiger partial charge in [-0.05, 0) is 36.6 Å². The van der Waals surface area contributed by atoms with E-state index in [1.165, 1.54) is 16.8 Å². The van der Waals surface area contributed by atoms with Gasteiger partial charge >= 0.3 is 0 Å². The third-order valence-corrected chi connectivity index (χ3v) is 2.82. The first kappa shape index (κ1) is 10.2. The molecule has 2 rings (SSSR count). The molecule has 0 aromatic heterocycles. The molecule has 1 aromatic carbocycles. The SMILES string of the molecule is CC(N)/C=C/c1ccc2c(c1)CCN2C. The van der Waals surface area contributed by atoms with E-state index < -0.39 is 0 Å². The molecule has 2 nitrogen and oxygen atoms in total. The van der Waals surface area contributed by atoms with Gasteiger partial charge in [0, 0.05) is 25.3 Å². The van der Waals surface area contributed by atoms with Gasteiger partial charge in [-0.1, -0.05) is 18.2 Å². The third kappa shape index (κ3) is 2.21. The zero-order valence-electron chi connectivity index (χ0n) is 9.40. The number of likely N-dealkylation sites (N-methyl/N-ethyl adjacent to an activating group) is 1. The summed E-state index contributed by atoms with van der Waals surface area (Å²) in [6.45, 7) is 3.12. The van der Waals surface area contributed by atoms with Crippen molar-refractivity contribution < 1.29 is 0 Å². The smallest absolute Gasteiger partial charge is 0.0397 e. The molecule has 1 heterocycles. The summed E-state index contributed by atoms with van der Waals surface area (Å²) in [6.07, 6.45) is 5.29. The van der Waals surface area contributed by atoms with Gasteiger partial charge in [-0.2, -0.15) is 0 Å². The van der Waals surface area contributed by atoms with E-state index in [1.54, 1.807) is 0 Å². The van der Waals surface area contributed by atoms with E-state index in [4.69, 9.17) is 5.73 Å². The van der Waals surface area contributed by atoms with Crippen molar-refractivity contribution in [3.05, 3.63) is 35.4 Å². The highest BCUT2D eigenvalue weighted by Crippen LogP contribution is 2.27. The lowest BCUT2D eigenvalue weighted by Crippen LogP contribution is -2.12. The van der Waals surface area contributed by atoms with Crippen molar-refractivity contribution in [2.45, 2.75) is 19.4 Å². The summed E-state index contributed by atoms with van der Waals surface area (Å²) in [4.78, 5) is 2.30. The topological polar surface area (TPSA) is 29.3 Å². The van der Waals surface area contributed by atoms with E-state index in [-0.39, 0.29) is 6.04 Å². The normalized spacial score (nSPS) is 17.1. The Labute approximate surface area is 91.4 Å². The maximum atomic E-state index is 5.68. The Balaban J connectivity index is 2.23. The molecule has 0 spiro atoms. The number of fused-ring (bicyclic) bond motifs is 1. The molecule has 2 heteroatoms. The van der Waals surface area contributed by atoms with Crippen molar-refractivity contribution >= 4 is 11.8 Å². The molecule has 0 amide bonds. The minimum atomic E-state index is 0.126. The molecule has 80 valence electrons. The molecule has 2 N–H and O–H groups in total. The Kier molecular flexibility index (Phi) is 2.78. The molecule has 0 radical (unpaired) electrons. The highest BCUT2D eigenvalue weighted by Gasteiger charge is 2.14. The van der Waals surface area contributed by atoms with Crippen LogP contribution in [0, 0.1) is 0 Å². The fraction of sp³-hybridized carbons (Fsp3) is 0.385. The van der Waals surface area contributed by atoms with Gasteiger partial charge < -0.3 is 10.6 Å². The molecular formula is C13H18N2. The van der Waals surface area contributed by atoms with E-state index in [9.17, 15) is 0 Å². The lowest BCUT2D eigenvalue weighted by atomic mass is 10.1. The number of hydrogen-bond acceptors (Lipinski definition) is 2. The Morgan fingerprint density at radius 1 is 1.47 bits per heavy atom. The summed E-state index contributed by atoms with van der Waals surface area (Å²) in [5, 5.41) is 0. The standard InChI is InChI=1S/C13H18N2/c1-10(14)3-4-11-5-6-13-12(9-11)7-8-15(13)2/h3-6,9-10H,7-8,14H2,1-2H3/b4-3+. The van der Waals surface area contributed by atoms with E-state index in [0.29, 0.717) is 0 Å². The van der Waals surface area contributed by atoms with E-state index in [0.717, 1.165) is 13.0 Å². The maximum Gasteiger partial charge on any atom is 0.0397 e. The second kappa shape index (κ2) is 4.07. The number of hydrogen-bond donors (Lipinski definition) is 1. The predicted molar refractivity (Wildman–Crippen MR) is 66.1 cm³/mol. The monoisotopic (exact) mass is 202 g/mol. The Bertz CT molecular complexity index is 380. The van der Waals surface area contributed by atoms with Crippen LogP contribution >= 0.6 is 0 Å². The summed E-state index contributed by atoms with van der Waals surface area (Å²) in [7, 11) is 2.14. The summed E-state index contributed by atoms with van der Waals surface area (Å²) >= 11 is 0. The highest BCUT2D eigenvalue weighted by molar-refractivity contribution is 5.63. The van der Waals surface area contributed by atoms with Crippen molar-refractivity contribution in [1.29, 1.82) is 0 Å². The van der Waals surface area contributed by atoms with Gasteiger partial charge in [0.15, 0.2) is 0 Å². The lowest BCUT2D eigenvalue weighted by molar-refractivity contribution is 0.931. The van der Waals surface area contributed by atoms with Gasteiger partial charge in [0.1, 0.15) is 0 Å². The van der Waals surface area contributed by atoms with E-state index >= 15 is 0 Å². The fourth-order valence-corrected chi connectivity index (χ4v) is 1.95. The molecule has 1 unspecified atom stereocenters. The minimum absolute atomic E-state index is 0.126. The Morgan fingerprint density at radius 3 is 3.00 bits per heavy atom. The van der Waals surface area contributed by atoms with Crippen molar-refractivity contribution in [2.24, 2.45) is 5.73 Å². The van der Waals surface area contributed by atoms with Gasteiger partial charge in [-0.25, -0.2) is 0 Å². The first-order chi connectivity index (χ1) is 7.16. The van der Waals surface area contributed by atoms with Crippen molar-refractivity contribution in [3.63, 3.8) is 0 Å². The molecule has 15 heavy (non-hydrogen) atoms. The van der Waals surface area contributed by atoms with E-state index in [1.807, 2.05) is 13.0 Å². The summed E-state index contributed by atoms with van der Waals surface area (Å²) < 4.78 is 0. The van der Waals surface area contributed by atoms with Gasteiger partial charge in [0.25, 0.3) is 0 Å². The zero-order chi connectivity index (χ0) is 10.8. The van der Waals surface area contributed by atoms with Crippen LogP contribution in [0.3, 0.4) is 0 Å². The Morgan fingerprint density at radius 2 is 2.27 bits per heavy atom. The van der Waals surface area contributed by atoms with Crippen LogP contribution in [0.25, 0.3) is 6.08 Å². The van der Waals surface area contributed by atoms with Crippen LogP contribution in [-0.2, 0) is 6.42 Å². The summed E-state index contributed by atoms with van der Waals surface area (Å²) in [5.41, 5.74) is 9.75. The van der Waals surface area contributed by atoms with Crippen molar-refractivity contribution in [2.75, 3.05) is 18.5 Å². The largest absolute Gasteiger partial charge is 0.374 e. The first-order valence-corrected chi connectivity index (χ1v) is 5.44. The average molecular weight is 202 g/mol. The lowest BCUT2D eigenvalue weighted by Gasteiger charge is -2.11. The molecule has 0 bridgehead atoms. The molecule has 1 aliphatic rings. The van der Waals surface area contributed by atoms with Crippen LogP contribution in [0.4, 0.5) is 5.69 Å². The van der Waals surface area contributed by atoms with Gasteiger partial charge in [-0.3, -0.25) is 0 Å². The maximum absolute atomic E-state index is 5.68. The molecular weight excluding hydrogens is 184 g/mol. The number of rotatable bonds is 2. The van der Waals surface area contributed by atoms with Crippen molar-refractivity contribution in [1.82, 2.24) is 0 Å². The minimum Gasteiger partial charge on any atom is -0.374 e. The van der Waals surface area contributed by atoms with Crippen LogP contribution in [-0.4, -0.2) is 19.6 Å². The van der Waals surface area contributed by atoms with Crippen molar-refractivity contribution in [3.8, 4) is 0 Å². The predicted octanol–water partition coefficient (Wildman–Crippen LogP) is 2.04. The molecule has 0 saturated heterocycles. The fourth-order valence-electron chi connectivity index (χ4n) is 1.95. The average Bonchev–Trinajstić information content (AvgIpc) is 2.57. The second-order valence-corrected chi connectivity index (χ2v) is 4.28. The highest BCUT2D eigenvalue weighted by atomic mass is 15.1. The molecule has 0 aliphatic carbocycles. The molecule has 1 atom stereocenters. The molecule has 1 aliphatic heterocycles. The molecule has 0 fully saturated rings.